The van der Waals surface area contributed by atoms with Crippen LogP contribution in [0.3, 0.4) is 0 Å². The van der Waals surface area contributed by atoms with Gasteiger partial charge in [-0.3, -0.25) is 4.79 Å². The monoisotopic (exact) mass is 330 g/mol. The van der Waals surface area contributed by atoms with Crippen molar-refractivity contribution in [3.8, 4) is 0 Å². The van der Waals surface area contributed by atoms with E-state index in [1.807, 2.05) is 44.2 Å². The molecule has 1 heterocycles. The molecule has 2 aromatic carbocycles. The molecule has 0 aliphatic heterocycles. The summed E-state index contributed by atoms with van der Waals surface area (Å²) in [6, 6.07) is 9.53. The van der Waals surface area contributed by atoms with Gasteiger partial charge < -0.3 is 15.4 Å². The number of aromatic amines is 1. The van der Waals surface area contributed by atoms with Crippen LogP contribution in [0.5, 0.6) is 0 Å². The minimum atomic E-state index is -0.636. The Morgan fingerprint density at radius 3 is 2.83 bits per heavy atom. The van der Waals surface area contributed by atoms with Crippen LogP contribution in [0, 0.1) is 13.8 Å². The molecule has 0 spiro atoms. The summed E-state index contributed by atoms with van der Waals surface area (Å²) in [6.07, 6.45) is -0.636. The van der Waals surface area contributed by atoms with Gasteiger partial charge in [-0.1, -0.05) is 12.1 Å². The van der Waals surface area contributed by atoms with Crippen LogP contribution in [-0.4, -0.2) is 28.6 Å². The molecule has 0 saturated carbocycles. The van der Waals surface area contributed by atoms with Crippen LogP contribution >= 0.6 is 11.6 Å². The smallest absolute Gasteiger partial charge is 0.197 e. The van der Waals surface area contributed by atoms with Crippen molar-refractivity contribution in [1.29, 1.82) is 0 Å². The van der Waals surface area contributed by atoms with E-state index < -0.39 is 6.10 Å². The molecule has 0 aliphatic rings. The van der Waals surface area contributed by atoms with Crippen molar-refractivity contribution in [2.45, 2.75) is 20.0 Å². The van der Waals surface area contributed by atoms with Crippen molar-refractivity contribution in [2.24, 2.45) is 0 Å². The van der Waals surface area contributed by atoms with Gasteiger partial charge in [0.1, 0.15) is 0 Å². The standard InChI is InChI=1S/C18H19ClN2O2/c1-10-6-11(2)16-15(7-10)21-17-13(18(16)23)4-3-5-14(17)20-9-12(22)8-19/h3-7,12,20,22H,8-9H2,1-2H3,(H,21,23). The lowest BCUT2D eigenvalue weighted by Crippen LogP contribution is -2.21. The molecule has 4 nitrogen and oxygen atoms in total. The van der Waals surface area contributed by atoms with Crippen molar-refractivity contribution in [3.05, 3.63) is 51.7 Å². The minimum absolute atomic E-state index is 0.0211. The molecule has 3 aromatic rings. The Morgan fingerprint density at radius 1 is 1.30 bits per heavy atom. The van der Waals surface area contributed by atoms with Crippen LogP contribution in [0.2, 0.25) is 0 Å². The number of aliphatic hydroxyl groups is 1. The highest BCUT2D eigenvalue weighted by molar-refractivity contribution is 6.18. The summed E-state index contributed by atoms with van der Waals surface area (Å²) in [7, 11) is 0. The first-order chi connectivity index (χ1) is 11.0. The largest absolute Gasteiger partial charge is 0.390 e. The first-order valence-corrected chi connectivity index (χ1v) is 8.08. The van der Waals surface area contributed by atoms with E-state index in [9.17, 15) is 9.90 Å². The number of benzene rings is 2. The molecule has 120 valence electrons. The lowest BCUT2D eigenvalue weighted by molar-refractivity contribution is 0.211. The Hall–Kier alpha value is -2.04. The fourth-order valence-electron chi connectivity index (χ4n) is 2.94. The van der Waals surface area contributed by atoms with Crippen LogP contribution in [0.25, 0.3) is 21.8 Å². The maximum absolute atomic E-state index is 12.8. The molecule has 3 rings (SSSR count). The summed E-state index contributed by atoms with van der Waals surface area (Å²) in [5, 5.41) is 14.1. The van der Waals surface area contributed by atoms with Gasteiger partial charge in [0.25, 0.3) is 0 Å². The number of aryl methyl sites for hydroxylation is 2. The first-order valence-electron chi connectivity index (χ1n) is 7.55. The number of H-pyrrole nitrogens is 1. The summed E-state index contributed by atoms with van der Waals surface area (Å²) in [6.45, 7) is 4.29. The first kappa shape index (κ1) is 15.8. The van der Waals surface area contributed by atoms with Gasteiger partial charge in [-0.2, -0.15) is 0 Å². The van der Waals surface area contributed by atoms with E-state index in [0.717, 1.165) is 33.2 Å². The van der Waals surface area contributed by atoms with Gasteiger partial charge in [-0.25, -0.2) is 0 Å². The number of fused-ring (bicyclic) bond motifs is 2. The Kier molecular flexibility index (Phi) is 4.28. The molecule has 0 fully saturated rings. The second-order valence-electron chi connectivity index (χ2n) is 5.88. The summed E-state index contributed by atoms with van der Waals surface area (Å²) >= 11 is 5.63. The van der Waals surface area contributed by atoms with E-state index in [-0.39, 0.29) is 11.3 Å². The van der Waals surface area contributed by atoms with Gasteiger partial charge in [-0.05, 0) is 43.2 Å². The number of para-hydroxylation sites is 1. The van der Waals surface area contributed by atoms with E-state index in [2.05, 4.69) is 10.3 Å². The van der Waals surface area contributed by atoms with Crippen LogP contribution in [0.4, 0.5) is 5.69 Å². The molecular weight excluding hydrogens is 312 g/mol. The fourth-order valence-corrected chi connectivity index (χ4v) is 3.05. The molecule has 1 aromatic heterocycles. The second-order valence-corrected chi connectivity index (χ2v) is 6.18. The second kappa shape index (κ2) is 6.22. The number of nitrogens with one attached hydrogen (secondary N) is 2. The predicted molar refractivity (Wildman–Crippen MR) is 96.8 cm³/mol. The van der Waals surface area contributed by atoms with Crippen molar-refractivity contribution >= 4 is 39.1 Å². The summed E-state index contributed by atoms with van der Waals surface area (Å²) in [4.78, 5) is 16.2. The molecule has 1 unspecified atom stereocenters. The van der Waals surface area contributed by atoms with Gasteiger partial charge in [0.2, 0.25) is 0 Å². The maximum Gasteiger partial charge on any atom is 0.197 e. The lowest BCUT2D eigenvalue weighted by Gasteiger charge is -2.13. The number of aromatic nitrogens is 1. The SMILES string of the molecule is Cc1cc(C)c2c(=O)c3cccc(NCC(O)CCl)c3[nH]c2c1. The molecule has 0 radical (unpaired) electrons. The fraction of sp³-hybridized carbons (Fsp3) is 0.278. The molecule has 0 aliphatic carbocycles. The molecule has 0 bridgehead atoms. The van der Waals surface area contributed by atoms with Crippen LogP contribution in [0.1, 0.15) is 11.1 Å². The summed E-state index contributed by atoms with van der Waals surface area (Å²) in [5.74, 6) is 0.162. The van der Waals surface area contributed by atoms with E-state index in [1.54, 1.807) is 0 Å². The highest BCUT2D eigenvalue weighted by atomic mass is 35.5. The zero-order chi connectivity index (χ0) is 16.6. The van der Waals surface area contributed by atoms with Crippen molar-refractivity contribution in [3.63, 3.8) is 0 Å². The molecule has 5 heteroatoms. The van der Waals surface area contributed by atoms with E-state index in [0.29, 0.717) is 11.9 Å². The normalized spacial score (nSPS) is 12.7. The number of anilines is 1. The minimum Gasteiger partial charge on any atom is -0.390 e. The molecule has 23 heavy (non-hydrogen) atoms. The van der Waals surface area contributed by atoms with Crippen molar-refractivity contribution in [2.75, 3.05) is 17.7 Å². The van der Waals surface area contributed by atoms with Crippen LogP contribution < -0.4 is 10.7 Å². The number of alkyl halides is 1. The molecule has 0 saturated heterocycles. The Bertz CT molecular complexity index is 934. The topological polar surface area (TPSA) is 65.1 Å². The van der Waals surface area contributed by atoms with Crippen molar-refractivity contribution < 1.29 is 5.11 Å². The summed E-state index contributed by atoms with van der Waals surface area (Å²) in [5.41, 5.74) is 4.45. The number of hydrogen-bond acceptors (Lipinski definition) is 3. The Morgan fingerprint density at radius 2 is 2.09 bits per heavy atom. The quantitative estimate of drug-likeness (QED) is 0.508. The van der Waals surface area contributed by atoms with Gasteiger partial charge in [0.15, 0.2) is 5.43 Å². The highest BCUT2D eigenvalue weighted by Crippen LogP contribution is 2.24. The maximum atomic E-state index is 12.8. The third-order valence-corrected chi connectivity index (χ3v) is 4.34. The predicted octanol–water partition coefficient (Wildman–Crippen LogP) is 3.31. The molecule has 1 atom stereocenters. The van der Waals surface area contributed by atoms with E-state index >= 15 is 0 Å². The zero-order valence-corrected chi connectivity index (χ0v) is 13.9. The number of hydrogen-bond donors (Lipinski definition) is 3. The average molecular weight is 331 g/mol. The van der Waals surface area contributed by atoms with Gasteiger partial charge in [0.05, 0.1) is 28.7 Å². The van der Waals surface area contributed by atoms with Gasteiger partial charge in [0, 0.05) is 17.3 Å². The summed E-state index contributed by atoms with van der Waals surface area (Å²) < 4.78 is 0. The van der Waals surface area contributed by atoms with E-state index in [4.69, 9.17) is 11.6 Å². The Labute approximate surface area is 139 Å². The third-order valence-electron chi connectivity index (χ3n) is 3.98. The third kappa shape index (κ3) is 2.92. The van der Waals surface area contributed by atoms with Gasteiger partial charge >= 0.3 is 0 Å². The van der Waals surface area contributed by atoms with Crippen molar-refractivity contribution in [1.82, 2.24) is 4.98 Å². The lowest BCUT2D eigenvalue weighted by atomic mass is 10.0. The number of pyridine rings is 1. The zero-order valence-electron chi connectivity index (χ0n) is 13.1. The highest BCUT2D eigenvalue weighted by Gasteiger charge is 2.11. The van der Waals surface area contributed by atoms with E-state index in [1.165, 1.54) is 0 Å². The molecule has 3 N–H and O–H groups in total. The Balaban J connectivity index is 2.23. The van der Waals surface area contributed by atoms with Crippen LogP contribution in [-0.2, 0) is 0 Å². The molecular formula is C18H19ClN2O2. The average Bonchev–Trinajstić information content (AvgIpc) is 2.52. The number of halogens is 1. The van der Waals surface area contributed by atoms with Crippen LogP contribution in [0.15, 0.2) is 35.1 Å². The number of aliphatic hydroxyl groups excluding tert-OH is 1. The molecule has 0 amide bonds. The van der Waals surface area contributed by atoms with Gasteiger partial charge in [-0.15, -0.1) is 11.6 Å². The number of rotatable bonds is 4.